The van der Waals surface area contributed by atoms with Crippen LogP contribution < -0.4 is 4.84 Å². The van der Waals surface area contributed by atoms with Crippen LogP contribution >= 0.6 is 0 Å². The number of para-hydroxylation sites is 1. The SMILES string of the molecule is CCc1c(C)nc(On2nnc3ccccc32)c([N+](=O)[O-])c1O. The molecule has 0 saturated heterocycles. The average Bonchev–Trinajstić information content (AvgIpc) is 2.90. The molecule has 0 atom stereocenters. The van der Waals surface area contributed by atoms with Crippen molar-refractivity contribution in [2.75, 3.05) is 0 Å². The lowest BCUT2D eigenvalue weighted by molar-refractivity contribution is -0.387. The molecule has 9 heteroatoms. The molecule has 2 heterocycles. The van der Waals surface area contributed by atoms with E-state index in [4.69, 9.17) is 4.84 Å². The van der Waals surface area contributed by atoms with Crippen molar-refractivity contribution in [3.63, 3.8) is 0 Å². The Labute approximate surface area is 130 Å². The molecule has 0 bridgehead atoms. The van der Waals surface area contributed by atoms with Crippen molar-refractivity contribution in [1.82, 2.24) is 20.1 Å². The van der Waals surface area contributed by atoms with Gasteiger partial charge in [0.15, 0.2) is 0 Å². The molecule has 0 fully saturated rings. The summed E-state index contributed by atoms with van der Waals surface area (Å²) in [6.45, 7) is 3.42. The second-order valence-electron chi connectivity index (χ2n) is 4.83. The lowest BCUT2D eigenvalue weighted by Gasteiger charge is -2.10. The molecule has 0 spiro atoms. The van der Waals surface area contributed by atoms with E-state index in [1.165, 1.54) is 0 Å². The van der Waals surface area contributed by atoms with E-state index in [-0.39, 0.29) is 5.88 Å². The number of hydrogen-bond donors (Lipinski definition) is 1. The van der Waals surface area contributed by atoms with E-state index in [0.717, 1.165) is 4.85 Å². The van der Waals surface area contributed by atoms with Gasteiger partial charge in [-0.1, -0.05) is 23.9 Å². The van der Waals surface area contributed by atoms with Gasteiger partial charge in [-0.2, -0.15) is 0 Å². The van der Waals surface area contributed by atoms with Gasteiger partial charge >= 0.3 is 11.6 Å². The van der Waals surface area contributed by atoms with Crippen LogP contribution in [-0.2, 0) is 6.42 Å². The zero-order valence-corrected chi connectivity index (χ0v) is 12.4. The van der Waals surface area contributed by atoms with Gasteiger partial charge in [0.2, 0.25) is 5.75 Å². The second-order valence-corrected chi connectivity index (χ2v) is 4.83. The smallest absolute Gasteiger partial charge is 0.375 e. The van der Waals surface area contributed by atoms with Crippen LogP contribution in [0, 0.1) is 17.0 Å². The van der Waals surface area contributed by atoms with E-state index in [0.29, 0.717) is 28.7 Å². The molecule has 0 aliphatic carbocycles. The fourth-order valence-electron chi connectivity index (χ4n) is 2.34. The molecule has 3 rings (SSSR count). The maximum atomic E-state index is 11.3. The van der Waals surface area contributed by atoms with Gasteiger partial charge in [-0.15, -0.1) is 5.10 Å². The van der Waals surface area contributed by atoms with Gasteiger partial charge < -0.3 is 9.94 Å². The average molecular weight is 315 g/mol. The second kappa shape index (κ2) is 5.52. The van der Waals surface area contributed by atoms with Crippen molar-refractivity contribution in [1.29, 1.82) is 0 Å². The van der Waals surface area contributed by atoms with Crippen molar-refractivity contribution >= 4 is 16.7 Å². The van der Waals surface area contributed by atoms with Crippen LogP contribution in [0.5, 0.6) is 11.6 Å². The Hall–Kier alpha value is -3.23. The third-order valence-corrected chi connectivity index (χ3v) is 3.45. The molecule has 2 aromatic heterocycles. The van der Waals surface area contributed by atoms with Crippen LogP contribution in [0.25, 0.3) is 11.0 Å². The number of benzene rings is 1. The largest absolute Gasteiger partial charge is 0.502 e. The Kier molecular flexibility index (Phi) is 3.53. The summed E-state index contributed by atoms with van der Waals surface area (Å²) in [5.41, 5.74) is 1.37. The molecule has 0 saturated carbocycles. The Balaban J connectivity index is 2.14. The quantitative estimate of drug-likeness (QED) is 0.579. The Morgan fingerprint density at radius 1 is 1.39 bits per heavy atom. The lowest BCUT2D eigenvalue weighted by Crippen LogP contribution is -2.11. The molecular weight excluding hydrogens is 302 g/mol. The van der Waals surface area contributed by atoms with Gasteiger partial charge in [0.1, 0.15) is 11.0 Å². The molecule has 23 heavy (non-hydrogen) atoms. The molecule has 0 radical (unpaired) electrons. The highest BCUT2D eigenvalue weighted by atomic mass is 16.7. The number of aromatic hydroxyl groups is 1. The summed E-state index contributed by atoms with van der Waals surface area (Å²) in [4.78, 5) is 21.1. The number of hydrogen-bond acceptors (Lipinski definition) is 7. The Morgan fingerprint density at radius 2 is 2.13 bits per heavy atom. The zero-order chi connectivity index (χ0) is 16.6. The molecule has 0 unspecified atom stereocenters. The molecule has 9 nitrogen and oxygen atoms in total. The standard InChI is InChI=1S/C14H13N5O4/c1-3-9-8(2)15-14(12(13(9)20)19(21)22)23-18-11-7-5-4-6-10(11)16-17-18/h4-7H,3H2,1-2H3,(H,15,20). The van der Waals surface area contributed by atoms with Crippen LogP contribution in [0.4, 0.5) is 5.69 Å². The molecule has 0 aliphatic heterocycles. The van der Waals surface area contributed by atoms with E-state index >= 15 is 0 Å². The molecule has 118 valence electrons. The zero-order valence-electron chi connectivity index (χ0n) is 12.4. The van der Waals surface area contributed by atoms with E-state index < -0.39 is 16.4 Å². The topological polar surface area (TPSA) is 116 Å². The van der Waals surface area contributed by atoms with Crippen LogP contribution in [0.1, 0.15) is 18.2 Å². The van der Waals surface area contributed by atoms with E-state index in [9.17, 15) is 15.2 Å². The highest BCUT2D eigenvalue weighted by Crippen LogP contribution is 2.39. The minimum absolute atomic E-state index is 0.335. The van der Waals surface area contributed by atoms with Gasteiger partial charge in [-0.25, -0.2) is 4.98 Å². The number of aryl methyl sites for hydroxylation is 1. The van der Waals surface area contributed by atoms with E-state index in [1.807, 2.05) is 0 Å². The summed E-state index contributed by atoms with van der Waals surface area (Å²) in [6.07, 6.45) is 0.415. The number of rotatable bonds is 4. The fraction of sp³-hybridized carbons (Fsp3) is 0.214. The Bertz CT molecular complexity index is 906. The monoisotopic (exact) mass is 315 g/mol. The first-order valence-corrected chi connectivity index (χ1v) is 6.88. The lowest BCUT2D eigenvalue weighted by atomic mass is 10.1. The maximum absolute atomic E-state index is 11.3. The van der Waals surface area contributed by atoms with Gasteiger partial charge in [-0.05, 0) is 30.7 Å². The maximum Gasteiger partial charge on any atom is 0.375 e. The predicted octanol–water partition coefficient (Wildman–Crippen LogP) is 2.15. The molecule has 0 aliphatic rings. The number of nitrogens with zero attached hydrogens (tertiary/aromatic N) is 5. The van der Waals surface area contributed by atoms with E-state index in [2.05, 4.69) is 15.3 Å². The van der Waals surface area contributed by atoms with Crippen molar-refractivity contribution in [3.05, 3.63) is 45.6 Å². The van der Waals surface area contributed by atoms with Crippen LogP contribution in [0.3, 0.4) is 0 Å². The van der Waals surface area contributed by atoms with Crippen molar-refractivity contribution in [3.8, 4) is 11.6 Å². The van der Waals surface area contributed by atoms with Gasteiger partial charge in [-0.3, -0.25) is 10.1 Å². The van der Waals surface area contributed by atoms with Crippen LogP contribution in [-0.4, -0.2) is 30.2 Å². The van der Waals surface area contributed by atoms with Crippen molar-refractivity contribution < 1.29 is 14.9 Å². The molecule has 0 amide bonds. The van der Waals surface area contributed by atoms with E-state index in [1.54, 1.807) is 38.1 Å². The summed E-state index contributed by atoms with van der Waals surface area (Å²) in [6, 6.07) is 6.98. The predicted molar refractivity (Wildman–Crippen MR) is 80.2 cm³/mol. The first-order valence-electron chi connectivity index (χ1n) is 6.88. The summed E-state index contributed by atoms with van der Waals surface area (Å²) >= 11 is 0. The molecule has 1 N–H and O–H groups in total. The third-order valence-electron chi connectivity index (χ3n) is 3.45. The van der Waals surface area contributed by atoms with Crippen molar-refractivity contribution in [2.24, 2.45) is 0 Å². The van der Waals surface area contributed by atoms with Gasteiger partial charge in [0, 0.05) is 11.3 Å². The number of nitro groups is 1. The minimum Gasteiger partial charge on any atom is -0.502 e. The highest BCUT2D eigenvalue weighted by molar-refractivity contribution is 5.73. The summed E-state index contributed by atoms with van der Waals surface area (Å²) in [5.74, 6) is -0.776. The summed E-state index contributed by atoms with van der Waals surface area (Å²) in [5, 5.41) is 29.1. The van der Waals surface area contributed by atoms with Gasteiger partial charge in [0.05, 0.1) is 4.92 Å². The first kappa shape index (κ1) is 14.7. The highest BCUT2D eigenvalue weighted by Gasteiger charge is 2.29. The van der Waals surface area contributed by atoms with Crippen molar-refractivity contribution in [2.45, 2.75) is 20.3 Å². The Morgan fingerprint density at radius 3 is 2.83 bits per heavy atom. The molecule has 1 aromatic carbocycles. The minimum atomic E-state index is -0.727. The third kappa shape index (κ3) is 2.41. The van der Waals surface area contributed by atoms with Crippen LogP contribution in [0.15, 0.2) is 24.3 Å². The number of aromatic nitrogens is 4. The van der Waals surface area contributed by atoms with Gasteiger partial charge in [0.25, 0.3) is 0 Å². The summed E-state index contributed by atoms with van der Waals surface area (Å²) < 4.78 is 0. The number of pyridine rings is 1. The molecule has 3 aromatic rings. The summed E-state index contributed by atoms with van der Waals surface area (Å²) in [7, 11) is 0. The normalized spacial score (nSPS) is 10.9. The molecular formula is C14H13N5O4. The first-order chi connectivity index (χ1) is 11.0. The number of fused-ring (bicyclic) bond motifs is 1. The fourth-order valence-corrected chi connectivity index (χ4v) is 2.34. The van der Waals surface area contributed by atoms with Crippen LogP contribution in [0.2, 0.25) is 0 Å².